The van der Waals surface area contributed by atoms with Crippen LogP contribution in [0.2, 0.25) is 10.0 Å². The molecule has 0 radical (unpaired) electrons. The van der Waals surface area contributed by atoms with Gasteiger partial charge in [-0.15, -0.1) is 0 Å². The minimum Gasteiger partial charge on any atom is -0.496 e. The van der Waals surface area contributed by atoms with E-state index >= 15 is 0 Å². The molecular weight excluding hydrogens is 629 g/mol. The van der Waals surface area contributed by atoms with Gasteiger partial charge >= 0.3 is 0 Å². The number of halogens is 2. The molecule has 0 unspecified atom stereocenters. The molecule has 0 spiro atoms. The SMILES string of the molecule is COc1cc(-c2ncnc(-c3cccc(-c4ccc(CNCc5cnco5)c(OC)n4)c3Cl)c2Cl)ccc1CNCc1cnco1. The number of benzene rings is 2. The molecule has 0 bridgehead atoms. The molecule has 2 aromatic carbocycles. The van der Waals surface area contributed by atoms with E-state index in [2.05, 4.69) is 30.6 Å². The Morgan fingerprint density at radius 3 is 2.07 bits per heavy atom. The van der Waals surface area contributed by atoms with Crippen LogP contribution in [0.25, 0.3) is 33.8 Å². The summed E-state index contributed by atoms with van der Waals surface area (Å²) in [6.45, 7) is 2.16. The summed E-state index contributed by atoms with van der Waals surface area (Å²) >= 11 is 14.0. The van der Waals surface area contributed by atoms with Gasteiger partial charge in [-0.2, -0.15) is 0 Å². The van der Waals surface area contributed by atoms with Crippen LogP contribution in [-0.4, -0.2) is 39.1 Å². The van der Waals surface area contributed by atoms with E-state index in [1.807, 2.05) is 48.5 Å². The molecule has 4 heterocycles. The van der Waals surface area contributed by atoms with Crippen LogP contribution in [0, 0.1) is 0 Å². The van der Waals surface area contributed by atoms with Crippen molar-refractivity contribution < 1.29 is 18.3 Å². The number of nitrogens with one attached hydrogen (secondary N) is 2. The molecule has 0 aliphatic heterocycles. The fourth-order valence-electron chi connectivity index (χ4n) is 4.94. The summed E-state index contributed by atoms with van der Waals surface area (Å²) < 4.78 is 21.9. The van der Waals surface area contributed by atoms with Crippen LogP contribution < -0.4 is 20.1 Å². The number of methoxy groups -OCH3 is 2. The van der Waals surface area contributed by atoms with Crippen molar-refractivity contribution in [3.8, 4) is 45.4 Å². The summed E-state index contributed by atoms with van der Waals surface area (Å²) in [5.41, 5.74) is 5.66. The van der Waals surface area contributed by atoms with Crippen LogP contribution in [-0.2, 0) is 26.2 Å². The maximum absolute atomic E-state index is 7.01. The zero-order valence-corrected chi connectivity index (χ0v) is 26.5. The van der Waals surface area contributed by atoms with Gasteiger partial charge in [0.15, 0.2) is 12.8 Å². The lowest BCUT2D eigenvalue weighted by Gasteiger charge is -2.15. The molecule has 2 N–H and O–H groups in total. The number of pyridine rings is 1. The molecule has 0 aliphatic carbocycles. The van der Waals surface area contributed by atoms with Gasteiger partial charge in [0.2, 0.25) is 5.88 Å². The summed E-state index contributed by atoms with van der Waals surface area (Å²) in [6, 6.07) is 15.3. The van der Waals surface area contributed by atoms with Crippen molar-refractivity contribution in [3.63, 3.8) is 0 Å². The van der Waals surface area contributed by atoms with Crippen LogP contribution in [0.3, 0.4) is 0 Å². The summed E-state index contributed by atoms with van der Waals surface area (Å²) in [5.74, 6) is 2.66. The highest BCUT2D eigenvalue weighted by molar-refractivity contribution is 6.38. The predicted molar refractivity (Wildman–Crippen MR) is 173 cm³/mol. The number of hydrogen-bond donors (Lipinski definition) is 2. The number of rotatable bonds is 13. The van der Waals surface area contributed by atoms with E-state index < -0.39 is 0 Å². The molecule has 46 heavy (non-hydrogen) atoms. The standard InChI is InChI=1S/C33H29Cl2N7O4/c1-43-28-10-20(6-7-21(28)11-36-13-23-15-38-18-45-23)31-30(35)32(41-17-40-31)26-5-3-4-25(29(26)34)27-9-8-22(33(42-27)44-2)12-37-14-24-16-39-19-46-24/h3-10,15-19,36-37H,11-14H2,1-2H3. The second-order valence-corrected chi connectivity index (χ2v) is 10.8. The van der Waals surface area contributed by atoms with E-state index in [0.717, 1.165) is 28.2 Å². The topological polar surface area (TPSA) is 133 Å². The first kappa shape index (κ1) is 31.2. The lowest BCUT2D eigenvalue weighted by Crippen LogP contribution is -2.13. The zero-order chi connectivity index (χ0) is 31.9. The number of oxazole rings is 2. The lowest BCUT2D eigenvalue weighted by molar-refractivity contribution is 0.390. The smallest absolute Gasteiger partial charge is 0.218 e. The van der Waals surface area contributed by atoms with Gasteiger partial charge in [-0.05, 0) is 12.1 Å². The highest BCUT2D eigenvalue weighted by atomic mass is 35.5. The van der Waals surface area contributed by atoms with Gasteiger partial charge in [0.1, 0.15) is 23.6 Å². The average Bonchev–Trinajstić information content (AvgIpc) is 3.81. The molecule has 0 saturated carbocycles. The Kier molecular flexibility index (Phi) is 9.85. The second kappa shape index (κ2) is 14.5. The Balaban J connectivity index is 1.24. The highest BCUT2D eigenvalue weighted by Gasteiger charge is 2.19. The van der Waals surface area contributed by atoms with Crippen molar-refractivity contribution in [1.29, 1.82) is 0 Å². The molecule has 0 aliphatic rings. The predicted octanol–water partition coefficient (Wildman–Crippen LogP) is 6.75. The molecule has 234 valence electrons. The van der Waals surface area contributed by atoms with Crippen LogP contribution in [0.4, 0.5) is 0 Å². The maximum Gasteiger partial charge on any atom is 0.218 e. The van der Waals surface area contributed by atoms with Gasteiger partial charge in [0.25, 0.3) is 0 Å². The fraction of sp³-hybridized carbons (Fsp3) is 0.182. The molecule has 0 saturated heterocycles. The quantitative estimate of drug-likeness (QED) is 0.137. The molecule has 13 heteroatoms. The highest BCUT2D eigenvalue weighted by Crippen LogP contribution is 2.41. The summed E-state index contributed by atoms with van der Waals surface area (Å²) in [5, 5.41) is 7.44. The second-order valence-electron chi connectivity index (χ2n) is 10.1. The van der Waals surface area contributed by atoms with E-state index in [1.165, 1.54) is 19.1 Å². The number of hydrogen-bond acceptors (Lipinski definition) is 11. The largest absolute Gasteiger partial charge is 0.496 e. The first-order chi connectivity index (χ1) is 22.6. The third-order valence-electron chi connectivity index (χ3n) is 7.21. The van der Waals surface area contributed by atoms with Gasteiger partial charge in [0.05, 0.1) is 66.8 Å². The van der Waals surface area contributed by atoms with Gasteiger partial charge in [-0.25, -0.2) is 24.9 Å². The van der Waals surface area contributed by atoms with Crippen LogP contribution in [0.1, 0.15) is 22.6 Å². The van der Waals surface area contributed by atoms with E-state index in [1.54, 1.807) is 26.6 Å². The van der Waals surface area contributed by atoms with Crippen molar-refractivity contribution in [2.45, 2.75) is 26.2 Å². The van der Waals surface area contributed by atoms with Crippen molar-refractivity contribution in [3.05, 3.63) is 113 Å². The summed E-state index contributed by atoms with van der Waals surface area (Å²) in [7, 11) is 3.21. The van der Waals surface area contributed by atoms with Gasteiger partial charge < -0.3 is 28.9 Å². The van der Waals surface area contributed by atoms with Crippen molar-refractivity contribution in [2.75, 3.05) is 14.2 Å². The molecule has 6 aromatic rings. The Morgan fingerprint density at radius 2 is 1.39 bits per heavy atom. The Labute approximate surface area is 275 Å². The molecule has 0 amide bonds. The third-order valence-corrected chi connectivity index (χ3v) is 7.97. The molecule has 6 rings (SSSR count). The number of aromatic nitrogens is 5. The van der Waals surface area contributed by atoms with Crippen LogP contribution in [0.5, 0.6) is 11.6 Å². The monoisotopic (exact) mass is 657 g/mol. The maximum atomic E-state index is 7.01. The van der Waals surface area contributed by atoms with Crippen molar-refractivity contribution in [1.82, 2.24) is 35.6 Å². The zero-order valence-electron chi connectivity index (χ0n) is 25.0. The fourth-order valence-corrected chi connectivity index (χ4v) is 5.56. The summed E-state index contributed by atoms with van der Waals surface area (Å²) in [4.78, 5) is 21.6. The average molecular weight is 659 g/mol. The number of nitrogens with zero attached hydrogens (tertiary/aromatic N) is 5. The van der Waals surface area contributed by atoms with E-state index in [-0.39, 0.29) is 0 Å². The minimum absolute atomic E-state index is 0.360. The molecule has 4 aromatic heterocycles. The Morgan fingerprint density at radius 1 is 0.717 bits per heavy atom. The van der Waals surface area contributed by atoms with Crippen LogP contribution in [0.15, 0.2) is 88.9 Å². The van der Waals surface area contributed by atoms with Gasteiger partial charge in [-0.3, -0.25) is 0 Å². The first-order valence-electron chi connectivity index (χ1n) is 14.2. The van der Waals surface area contributed by atoms with E-state index in [4.69, 9.17) is 46.5 Å². The Bertz CT molecular complexity index is 1780. The lowest BCUT2D eigenvalue weighted by atomic mass is 10.0. The molecule has 11 nitrogen and oxygen atoms in total. The molecule has 0 atom stereocenters. The third kappa shape index (κ3) is 6.87. The minimum atomic E-state index is 0.360. The van der Waals surface area contributed by atoms with E-state index in [0.29, 0.717) is 76.1 Å². The normalized spacial score (nSPS) is 11.1. The van der Waals surface area contributed by atoms with Gasteiger partial charge in [0, 0.05) is 40.9 Å². The van der Waals surface area contributed by atoms with E-state index in [9.17, 15) is 0 Å². The van der Waals surface area contributed by atoms with Gasteiger partial charge in [-0.1, -0.05) is 59.6 Å². The molecule has 0 fully saturated rings. The van der Waals surface area contributed by atoms with Crippen molar-refractivity contribution >= 4 is 23.2 Å². The first-order valence-corrected chi connectivity index (χ1v) is 15.0. The van der Waals surface area contributed by atoms with Crippen LogP contribution >= 0.6 is 23.2 Å². The van der Waals surface area contributed by atoms with Crippen molar-refractivity contribution in [2.24, 2.45) is 0 Å². The number of ether oxygens (including phenoxy) is 2. The summed E-state index contributed by atoms with van der Waals surface area (Å²) in [6.07, 6.45) is 7.63. The molecular formula is C33H29Cl2N7O4. The Hall–Kier alpha value is -4.81.